The number of nitrogens with one attached hydrogen (secondary N) is 1. The molecule has 0 bridgehead atoms. The number of pyridine rings is 1. The van der Waals surface area contributed by atoms with E-state index in [0.717, 1.165) is 16.8 Å². The number of hydrogen-bond donors (Lipinski definition) is 1. The number of fused-ring (bicyclic) bond motifs is 1. The first kappa shape index (κ1) is 10.4. The molecule has 15 heavy (non-hydrogen) atoms. The van der Waals surface area contributed by atoms with Crippen molar-refractivity contribution in [2.75, 3.05) is 0 Å². The molecule has 0 saturated heterocycles. The Bertz CT molecular complexity index is 388. The van der Waals surface area contributed by atoms with E-state index in [1.807, 2.05) is 27.0 Å². The molecule has 1 aromatic rings. The van der Waals surface area contributed by atoms with Gasteiger partial charge in [0.25, 0.3) is 0 Å². The highest BCUT2D eigenvalue weighted by atomic mass is 16.7. The molecule has 4 heteroatoms. The van der Waals surface area contributed by atoms with Crippen LogP contribution in [0.25, 0.3) is 0 Å². The Hall–Kier alpha value is -1.13. The van der Waals surface area contributed by atoms with Gasteiger partial charge in [0.1, 0.15) is 0 Å². The second-order valence-electron chi connectivity index (χ2n) is 4.24. The van der Waals surface area contributed by atoms with Gasteiger partial charge < -0.3 is 14.6 Å². The van der Waals surface area contributed by atoms with Crippen LogP contribution in [0.5, 0.6) is 5.75 Å². The van der Waals surface area contributed by atoms with Gasteiger partial charge in [-0.15, -0.1) is 0 Å². The van der Waals surface area contributed by atoms with Crippen LogP contribution in [-0.2, 0) is 22.7 Å². The zero-order valence-corrected chi connectivity index (χ0v) is 9.26. The Morgan fingerprint density at radius 3 is 2.73 bits per heavy atom. The van der Waals surface area contributed by atoms with Crippen LogP contribution >= 0.6 is 0 Å². The topological polar surface area (TPSA) is 52.8 Å². The maximum Gasteiger partial charge on any atom is 0.219 e. The number of rotatable bonds is 0. The summed E-state index contributed by atoms with van der Waals surface area (Å²) >= 11 is 0. The molecule has 0 saturated carbocycles. The van der Waals surface area contributed by atoms with Crippen LogP contribution in [-0.4, -0.2) is 10.9 Å². The van der Waals surface area contributed by atoms with Gasteiger partial charge in [-0.1, -0.05) is 0 Å². The van der Waals surface area contributed by atoms with Crippen molar-refractivity contribution in [3.8, 4) is 5.75 Å². The fourth-order valence-electron chi connectivity index (χ4n) is 1.56. The van der Waals surface area contributed by atoms with Gasteiger partial charge in [0.05, 0.1) is 18.8 Å². The highest BCUT2D eigenvalue weighted by Crippen LogP contribution is 2.29. The lowest BCUT2D eigenvalue weighted by Crippen LogP contribution is -2.25. The van der Waals surface area contributed by atoms with Crippen molar-refractivity contribution >= 4 is 0 Å². The number of aryl methyl sites for hydroxylation is 1. The van der Waals surface area contributed by atoms with E-state index in [0.29, 0.717) is 13.2 Å². The van der Waals surface area contributed by atoms with Gasteiger partial charge in [-0.2, -0.15) is 0 Å². The maximum atomic E-state index is 9.87. The summed E-state index contributed by atoms with van der Waals surface area (Å²) in [5.74, 6) is -0.326. The quantitative estimate of drug-likeness (QED) is 0.702. The van der Waals surface area contributed by atoms with E-state index in [2.05, 4.69) is 4.98 Å². The molecule has 0 radical (unpaired) electrons. The van der Waals surface area contributed by atoms with Crippen LogP contribution < -0.4 is 4.98 Å². The van der Waals surface area contributed by atoms with Crippen molar-refractivity contribution in [3.63, 3.8) is 0 Å². The predicted molar refractivity (Wildman–Crippen MR) is 53.1 cm³/mol. The van der Waals surface area contributed by atoms with Crippen LogP contribution in [0, 0.1) is 6.92 Å². The first-order valence-electron chi connectivity index (χ1n) is 4.99. The molecule has 1 aliphatic rings. The molecule has 0 atom stereocenters. The number of ether oxygens (including phenoxy) is 2. The fraction of sp³-hybridized carbons (Fsp3) is 0.545. The van der Waals surface area contributed by atoms with Gasteiger partial charge in [0, 0.05) is 12.5 Å². The molecule has 0 fully saturated rings. The molecule has 0 amide bonds. The van der Waals surface area contributed by atoms with Gasteiger partial charge in [0.15, 0.2) is 17.7 Å². The molecule has 82 valence electrons. The van der Waals surface area contributed by atoms with Gasteiger partial charge in [-0.05, 0) is 13.8 Å². The summed E-state index contributed by atoms with van der Waals surface area (Å²) in [5.41, 5.74) is 2.51. The Labute approximate surface area is 88.9 Å². The lowest BCUT2D eigenvalue weighted by atomic mass is 10.1. The van der Waals surface area contributed by atoms with E-state index in [-0.39, 0.29) is 5.75 Å². The fourth-order valence-corrected chi connectivity index (χ4v) is 1.56. The third-order valence-electron chi connectivity index (χ3n) is 2.63. The predicted octanol–water partition coefficient (Wildman–Crippen LogP) is 1.30. The van der Waals surface area contributed by atoms with Crippen molar-refractivity contribution in [2.24, 2.45) is 0 Å². The molecule has 0 spiro atoms. The third-order valence-corrected chi connectivity index (χ3v) is 2.63. The molecule has 4 nitrogen and oxygen atoms in total. The summed E-state index contributed by atoms with van der Waals surface area (Å²) in [6.07, 6.45) is 1.86. The number of aromatic amines is 1. The van der Waals surface area contributed by atoms with E-state index < -0.39 is 5.79 Å². The minimum atomic E-state index is -0.598. The molecule has 0 aromatic carbocycles. The van der Waals surface area contributed by atoms with E-state index in [4.69, 9.17) is 9.47 Å². The molecule has 0 unspecified atom stereocenters. The summed E-state index contributed by atoms with van der Waals surface area (Å²) in [5, 5.41) is 9.87. The van der Waals surface area contributed by atoms with Crippen LogP contribution in [0.2, 0.25) is 0 Å². The van der Waals surface area contributed by atoms with Gasteiger partial charge >= 0.3 is 0 Å². The largest absolute Gasteiger partial charge is 0.502 e. The lowest BCUT2D eigenvalue weighted by molar-refractivity contribution is -0.389. The summed E-state index contributed by atoms with van der Waals surface area (Å²) in [6.45, 7) is 6.39. The molecule has 2 rings (SSSR count). The normalized spacial score (nSPS) is 19.4. The monoisotopic (exact) mass is 210 g/mol. The SMILES string of the molecule is Cc1[nH+]cc2c(c1O)COC(C)(C)OC2. The lowest BCUT2D eigenvalue weighted by Gasteiger charge is -2.22. The van der Waals surface area contributed by atoms with Crippen molar-refractivity contribution < 1.29 is 19.6 Å². The molecule has 1 aliphatic heterocycles. The van der Waals surface area contributed by atoms with Gasteiger partial charge in [-0.25, -0.2) is 4.98 Å². The average molecular weight is 210 g/mol. The number of aromatic nitrogens is 1. The molecule has 2 N–H and O–H groups in total. The molecule has 1 aromatic heterocycles. The maximum absolute atomic E-state index is 9.87. The number of hydrogen-bond acceptors (Lipinski definition) is 3. The van der Waals surface area contributed by atoms with Crippen LogP contribution in [0.1, 0.15) is 30.7 Å². The van der Waals surface area contributed by atoms with E-state index in [1.165, 1.54) is 0 Å². The minimum Gasteiger partial charge on any atom is -0.502 e. The van der Waals surface area contributed by atoms with Crippen LogP contribution in [0.3, 0.4) is 0 Å². The van der Waals surface area contributed by atoms with E-state index in [1.54, 1.807) is 0 Å². The molecule has 2 heterocycles. The highest BCUT2D eigenvalue weighted by molar-refractivity contribution is 5.37. The van der Waals surface area contributed by atoms with Gasteiger partial charge in [0.2, 0.25) is 5.69 Å². The minimum absolute atomic E-state index is 0.272. The number of H-pyrrole nitrogens is 1. The Balaban J connectivity index is 2.40. The smallest absolute Gasteiger partial charge is 0.219 e. The Kier molecular flexibility index (Phi) is 2.40. The zero-order valence-electron chi connectivity index (χ0n) is 9.26. The summed E-state index contributed by atoms with van der Waals surface area (Å²) in [7, 11) is 0. The molecular weight excluding hydrogens is 194 g/mol. The average Bonchev–Trinajstić information content (AvgIpc) is 2.32. The molecular formula is C11H16NO3+. The molecule has 0 aliphatic carbocycles. The first-order chi connectivity index (χ1) is 6.99. The second kappa shape index (κ2) is 3.47. The summed E-state index contributed by atoms with van der Waals surface area (Å²) in [6, 6.07) is 0. The third kappa shape index (κ3) is 1.96. The first-order valence-corrected chi connectivity index (χ1v) is 4.99. The van der Waals surface area contributed by atoms with Crippen LogP contribution in [0.15, 0.2) is 6.20 Å². The Morgan fingerprint density at radius 1 is 1.33 bits per heavy atom. The van der Waals surface area contributed by atoms with Gasteiger partial charge in [-0.3, -0.25) is 0 Å². The standard InChI is InChI=1S/C11H15NO3/c1-7-10(13)9-6-15-11(2,3)14-5-8(9)4-12-7/h4,13H,5-6H2,1-3H3/p+1. The van der Waals surface area contributed by atoms with Crippen molar-refractivity contribution in [1.82, 2.24) is 0 Å². The summed E-state index contributed by atoms with van der Waals surface area (Å²) < 4.78 is 11.1. The van der Waals surface area contributed by atoms with E-state index >= 15 is 0 Å². The highest BCUT2D eigenvalue weighted by Gasteiger charge is 2.27. The second-order valence-corrected chi connectivity index (χ2v) is 4.24. The summed E-state index contributed by atoms with van der Waals surface area (Å²) in [4.78, 5) is 3.00. The van der Waals surface area contributed by atoms with Crippen LogP contribution in [0.4, 0.5) is 0 Å². The zero-order chi connectivity index (χ0) is 11.1. The number of aromatic hydroxyl groups is 1. The van der Waals surface area contributed by atoms with Crippen molar-refractivity contribution in [1.29, 1.82) is 0 Å². The Morgan fingerprint density at radius 2 is 2.00 bits per heavy atom. The van der Waals surface area contributed by atoms with Crippen molar-refractivity contribution in [2.45, 2.75) is 39.8 Å². The van der Waals surface area contributed by atoms with E-state index in [9.17, 15) is 5.11 Å². The van der Waals surface area contributed by atoms with Crippen molar-refractivity contribution in [3.05, 3.63) is 23.0 Å².